The molecule has 0 atom stereocenters. The number of benzene rings is 1. The van der Waals surface area contributed by atoms with E-state index in [0.717, 1.165) is 15.8 Å². The first kappa shape index (κ1) is 14.3. The van der Waals surface area contributed by atoms with Gasteiger partial charge in [-0.3, -0.25) is 0 Å². The van der Waals surface area contributed by atoms with Crippen LogP contribution in [0.5, 0.6) is 11.6 Å². The highest BCUT2D eigenvalue weighted by Gasteiger charge is 2.09. The van der Waals surface area contributed by atoms with E-state index in [1.807, 2.05) is 39.0 Å². The number of hydrogen-bond donors (Lipinski definition) is 0. The first-order valence-corrected chi connectivity index (χ1v) is 7.11. The molecular formula is C14H14BrClN2O. The van der Waals surface area contributed by atoms with E-state index in [9.17, 15) is 0 Å². The van der Waals surface area contributed by atoms with Crippen molar-refractivity contribution < 1.29 is 4.74 Å². The summed E-state index contributed by atoms with van der Waals surface area (Å²) < 4.78 is 6.77. The van der Waals surface area contributed by atoms with Crippen molar-refractivity contribution in [2.24, 2.45) is 0 Å². The average molecular weight is 342 g/mol. The fraction of sp³-hybridized carbons (Fsp3) is 0.286. The van der Waals surface area contributed by atoms with E-state index < -0.39 is 0 Å². The average Bonchev–Trinajstić information content (AvgIpc) is 2.33. The second kappa shape index (κ2) is 5.88. The molecule has 1 heterocycles. The molecule has 1 aromatic carbocycles. The molecule has 2 rings (SSSR count). The lowest BCUT2D eigenvalue weighted by Gasteiger charge is -2.09. The van der Waals surface area contributed by atoms with Crippen molar-refractivity contribution in [3.8, 4) is 11.6 Å². The van der Waals surface area contributed by atoms with Crippen molar-refractivity contribution in [3.63, 3.8) is 0 Å². The normalized spacial score (nSPS) is 10.8. The van der Waals surface area contributed by atoms with Gasteiger partial charge in [0.15, 0.2) is 0 Å². The van der Waals surface area contributed by atoms with Gasteiger partial charge in [0, 0.05) is 16.5 Å². The molecule has 0 N–H and O–H groups in total. The first-order chi connectivity index (χ1) is 8.95. The molecule has 5 heteroatoms. The van der Waals surface area contributed by atoms with Crippen LogP contribution in [-0.2, 0) is 0 Å². The third-order valence-corrected chi connectivity index (χ3v) is 3.64. The Labute approximate surface area is 126 Å². The third kappa shape index (κ3) is 3.67. The Morgan fingerprint density at radius 2 is 1.95 bits per heavy atom. The number of nitrogens with zero attached hydrogens (tertiary/aromatic N) is 2. The Kier molecular flexibility index (Phi) is 4.42. The molecule has 3 nitrogen and oxygen atoms in total. The summed E-state index contributed by atoms with van der Waals surface area (Å²) in [5.41, 5.74) is 1.10. The zero-order valence-corrected chi connectivity index (χ0v) is 13.3. The molecule has 0 bridgehead atoms. The Morgan fingerprint density at radius 1 is 1.21 bits per heavy atom. The van der Waals surface area contributed by atoms with Gasteiger partial charge in [0.25, 0.3) is 0 Å². The van der Waals surface area contributed by atoms with E-state index in [1.54, 1.807) is 6.07 Å². The number of aryl methyl sites for hydroxylation is 1. The number of halogens is 2. The summed E-state index contributed by atoms with van der Waals surface area (Å²) in [7, 11) is 0. The van der Waals surface area contributed by atoms with Gasteiger partial charge in [-0.25, -0.2) is 4.98 Å². The van der Waals surface area contributed by atoms with Crippen molar-refractivity contribution >= 4 is 27.5 Å². The number of aromatic nitrogens is 2. The van der Waals surface area contributed by atoms with E-state index in [0.29, 0.717) is 16.9 Å². The lowest BCUT2D eigenvalue weighted by Crippen LogP contribution is -1.99. The number of ether oxygens (including phenoxy) is 1. The van der Waals surface area contributed by atoms with Gasteiger partial charge in [-0.15, -0.1) is 0 Å². The van der Waals surface area contributed by atoms with Crippen LogP contribution in [-0.4, -0.2) is 9.97 Å². The van der Waals surface area contributed by atoms with Gasteiger partial charge in [-0.1, -0.05) is 41.4 Å². The van der Waals surface area contributed by atoms with Gasteiger partial charge in [-0.2, -0.15) is 4.98 Å². The summed E-state index contributed by atoms with van der Waals surface area (Å²) in [6, 6.07) is 7.37. The molecule has 0 saturated carbocycles. The standard InChI is InChI=1S/C14H14BrClN2O/c1-8(2)14-17-12(16)7-13(18-14)19-10-4-5-11(15)9(3)6-10/h4-8H,1-3H3. The Bertz CT molecular complexity index is 602. The minimum atomic E-state index is 0.202. The van der Waals surface area contributed by atoms with Crippen LogP contribution in [0.1, 0.15) is 31.2 Å². The van der Waals surface area contributed by atoms with E-state index in [2.05, 4.69) is 25.9 Å². The maximum Gasteiger partial charge on any atom is 0.224 e. The van der Waals surface area contributed by atoms with Crippen molar-refractivity contribution in [1.82, 2.24) is 9.97 Å². The lowest BCUT2D eigenvalue weighted by atomic mass is 10.2. The van der Waals surface area contributed by atoms with Crippen molar-refractivity contribution in [2.45, 2.75) is 26.7 Å². The molecule has 1 aromatic heterocycles. The highest BCUT2D eigenvalue weighted by Crippen LogP contribution is 2.27. The quantitative estimate of drug-likeness (QED) is 0.727. The zero-order chi connectivity index (χ0) is 14.0. The van der Waals surface area contributed by atoms with Crippen LogP contribution in [0.25, 0.3) is 0 Å². The Hall–Kier alpha value is -1.13. The minimum absolute atomic E-state index is 0.202. The van der Waals surface area contributed by atoms with Gasteiger partial charge in [-0.05, 0) is 30.7 Å². The van der Waals surface area contributed by atoms with Gasteiger partial charge >= 0.3 is 0 Å². The molecule has 0 spiro atoms. The summed E-state index contributed by atoms with van der Waals surface area (Å²) in [4.78, 5) is 8.52. The Morgan fingerprint density at radius 3 is 2.58 bits per heavy atom. The first-order valence-electron chi connectivity index (χ1n) is 5.94. The molecule has 2 aromatic rings. The van der Waals surface area contributed by atoms with Crippen molar-refractivity contribution in [1.29, 1.82) is 0 Å². The number of rotatable bonds is 3. The van der Waals surface area contributed by atoms with Gasteiger partial charge in [0.05, 0.1) is 0 Å². The van der Waals surface area contributed by atoms with Crippen LogP contribution < -0.4 is 4.74 Å². The fourth-order valence-corrected chi connectivity index (χ4v) is 1.95. The number of hydrogen-bond acceptors (Lipinski definition) is 3. The molecule has 0 aliphatic heterocycles. The van der Waals surface area contributed by atoms with Gasteiger partial charge in [0.2, 0.25) is 5.88 Å². The van der Waals surface area contributed by atoms with Crippen LogP contribution in [0.3, 0.4) is 0 Å². The minimum Gasteiger partial charge on any atom is -0.439 e. The van der Waals surface area contributed by atoms with E-state index >= 15 is 0 Å². The largest absolute Gasteiger partial charge is 0.439 e. The SMILES string of the molecule is Cc1cc(Oc2cc(Cl)nc(C(C)C)n2)ccc1Br. The molecule has 100 valence electrons. The maximum atomic E-state index is 5.98. The summed E-state index contributed by atoms with van der Waals surface area (Å²) in [5, 5.41) is 0.391. The molecule has 19 heavy (non-hydrogen) atoms. The van der Waals surface area contributed by atoms with Crippen molar-refractivity contribution in [2.75, 3.05) is 0 Å². The van der Waals surface area contributed by atoms with Crippen LogP contribution >= 0.6 is 27.5 Å². The fourth-order valence-electron chi connectivity index (χ4n) is 1.53. The second-order valence-electron chi connectivity index (χ2n) is 4.55. The Balaban J connectivity index is 2.29. The summed E-state index contributed by atoms with van der Waals surface area (Å²) in [6.07, 6.45) is 0. The van der Waals surface area contributed by atoms with Crippen LogP contribution in [0.15, 0.2) is 28.7 Å². The molecule has 0 aliphatic carbocycles. The van der Waals surface area contributed by atoms with Gasteiger partial charge in [0.1, 0.15) is 16.7 Å². The molecule has 0 fully saturated rings. The highest BCUT2D eigenvalue weighted by atomic mass is 79.9. The van der Waals surface area contributed by atoms with E-state index in [-0.39, 0.29) is 5.92 Å². The second-order valence-corrected chi connectivity index (χ2v) is 5.80. The zero-order valence-electron chi connectivity index (χ0n) is 10.9. The molecule has 0 radical (unpaired) electrons. The molecular weight excluding hydrogens is 328 g/mol. The summed E-state index contributed by atoms with van der Waals surface area (Å²) >= 11 is 9.43. The van der Waals surface area contributed by atoms with Crippen LogP contribution in [0.2, 0.25) is 5.15 Å². The van der Waals surface area contributed by atoms with Crippen LogP contribution in [0.4, 0.5) is 0 Å². The van der Waals surface area contributed by atoms with Gasteiger partial charge < -0.3 is 4.74 Å². The lowest BCUT2D eigenvalue weighted by molar-refractivity contribution is 0.456. The van der Waals surface area contributed by atoms with Crippen molar-refractivity contribution in [3.05, 3.63) is 45.3 Å². The van der Waals surface area contributed by atoms with E-state index in [1.165, 1.54) is 0 Å². The molecule has 0 saturated heterocycles. The topological polar surface area (TPSA) is 35.0 Å². The van der Waals surface area contributed by atoms with E-state index in [4.69, 9.17) is 16.3 Å². The molecule has 0 unspecified atom stereocenters. The maximum absolute atomic E-state index is 5.98. The van der Waals surface area contributed by atoms with Crippen LogP contribution in [0, 0.1) is 6.92 Å². The summed E-state index contributed by atoms with van der Waals surface area (Å²) in [5.74, 6) is 2.07. The smallest absolute Gasteiger partial charge is 0.224 e. The third-order valence-electron chi connectivity index (χ3n) is 2.56. The highest BCUT2D eigenvalue weighted by molar-refractivity contribution is 9.10. The predicted molar refractivity (Wildman–Crippen MR) is 80.1 cm³/mol. The predicted octanol–water partition coefficient (Wildman–Crippen LogP) is 5.12. The summed E-state index contributed by atoms with van der Waals surface area (Å²) in [6.45, 7) is 6.03. The molecule has 0 aliphatic rings. The molecule has 0 amide bonds. The monoisotopic (exact) mass is 340 g/mol.